The van der Waals surface area contributed by atoms with E-state index in [-0.39, 0.29) is 23.9 Å². The van der Waals surface area contributed by atoms with Crippen LogP contribution in [0.25, 0.3) is 6.08 Å². The van der Waals surface area contributed by atoms with Gasteiger partial charge in [-0.05, 0) is 36.8 Å². The second-order valence-electron chi connectivity index (χ2n) is 7.56. The molecule has 1 aromatic carbocycles. The largest absolute Gasteiger partial charge is 0.411 e. The van der Waals surface area contributed by atoms with Crippen molar-refractivity contribution in [1.29, 1.82) is 0 Å². The molecule has 2 saturated heterocycles. The molecule has 7 heteroatoms. The van der Waals surface area contributed by atoms with Crippen LogP contribution in [0.2, 0.25) is 0 Å². The number of nitrogens with zero attached hydrogens (tertiary/aromatic N) is 3. The maximum Gasteiger partial charge on any atom is 0.246 e. The highest BCUT2D eigenvalue weighted by Gasteiger charge is 2.39. The number of hydrogen-bond donors (Lipinski definition) is 1. The first-order valence-electron chi connectivity index (χ1n) is 9.80. The predicted molar refractivity (Wildman–Crippen MR) is 110 cm³/mol. The molecule has 2 heterocycles. The number of thioether (sulfide) groups is 1. The third-order valence-corrected chi connectivity index (χ3v) is 6.83. The zero-order valence-corrected chi connectivity index (χ0v) is 16.6. The van der Waals surface area contributed by atoms with E-state index >= 15 is 0 Å². The van der Waals surface area contributed by atoms with Gasteiger partial charge in [-0.2, -0.15) is 0 Å². The van der Waals surface area contributed by atoms with Crippen LogP contribution in [0.3, 0.4) is 0 Å². The molecule has 2 atom stereocenters. The molecule has 4 rings (SSSR count). The minimum atomic E-state index is -0.379. The standard InChI is InChI=1S/C21H25N3O3S/c25-20(8-7-15-10-16-4-1-2-5-17(16)11-15)23-9-3-6-19(23)21(26)24-14-28-13-18(24)12-22-27/h1-2,4-5,10,12,18-19,27H,3,6-9,11,13-14H2/t18-,19-/m1/s1. The lowest BCUT2D eigenvalue weighted by atomic mass is 10.1. The summed E-state index contributed by atoms with van der Waals surface area (Å²) in [5.74, 6) is 1.35. The maximum atomic E-state index is 13.0. The molecule has 0 radical (unpaired) electrons. The fourth-order valence-electron chi connectivity index (χ4n) is 4.32. The van der Waals surface area contributed by atoms with Crippen molar-refractivity contribution in [1.82, 2.24) is 9.80 Å². The summed E-state index contributed by atoms with van der Waals surface area (Å²) < 4.78 is 0. The molecule has 0 unspecified atom stereocenters. The molecule has 2 aliphatic heterocycles. The van der Waals surface area contributed by atoms with Crippen molar-refractivity contribution in [2.75, 3.05) is 18.2 Å². The predicted octanol–water partition coefficient (Wildman–Crippen LogP) is 2.76. The van der Waals surface area contributed by atoms with Gasteiger partial charge in [0.15, 0.2) is 0 Å². The summed E-state index contributed by atoms with van der Waals surface area (Å²) in [6, 6.07) is 7.76. The molecular weight excluding hydrogens is 374 g/mol. The van der Waals surface area contributed by atoms with Crippen molar-refractivity contribution >= 4 is 35.9 Å². The average molecular weight is 400 g/mol. The van der Waals surface area contributed by atoms with Crippen molar-refractivity contribution in [2.45, 2.75) is 44.2 Å². The summed E-state index contributed by atoms with van der Waals surface area (Å²) in [5.41, 5.74) is 3.86. The van der Waals surface area contributed by atoms with Gasteiger partial charge in [-0.25, -0.2) is 0 Å². The maximum absolute atomic E-state index is 13.0. The third kappa shape index (κ3) is 3.81. The first kappa shape index (κ1) is 19.1. The SMILES string of the molecule is O=C([C@H]1CCCN1C(=O)CCC1=Cc2ccccc2C1)N1CSC[C@H]1C=NO. The first-order valence-corrected chi connectivity index (χ1v) is 11.0. The van der Waals surface area contributed by atoms with Gasteiger partial charge in [0.1, 0.15) is 6.04 Å². The van der Waals surface area contributed by atoms with E-state index in [0.717, 1.165) is 25.0 Å². The van der Waals surface area contributed by atoms with Crippen LogP contribution in [0.15, 0.2) is 35.0 Å². The van der Waals surface area contributed by atoms with Gasteiger partial charge in [-0.1, -0.05) is 41.1 Å². The lowest BCUT2D eigenvalue weighted by Gasteiger charge is -2.29. The van der Waals surface area contributed by atoms with Crippen LogP contribution in [-0.2, 0) is 16.0 Å². The summed E-state index contributed by atoms with van der Waals surface area (Å²) in [5, 5.41) is 11.9. The third-order valence-electron chi connectivity index (χ3n) is 5.79. The van der Waals surface area contributed by atoms with Gasteiger partial charge < -0.3 is 15.0 Å². The van der Waals surface area contributed by atoms with E-state index in [9.17, 15) is 9.59 Å². The van der Waals surface area contributed by atoms with Gasteiger partial charge in [0.05, 0.1) is 18.1 Å². The number of carbonyl (C=O) groups is 2. The highest BCUT2D eigenvalue weighted by atomic mass is 32.2. The van der Waals surface area contributed by atoms with E-state index in [4.69, 9.17) is 5.21 Å². The quantitative estimate of drug-likeness (QED) is 0.469. The van der Waals surface area contributed by atoms with Gasteiger partial charge in [0.25, 0.3) is 0 Å². The number of rotatable bonds is 5. The Hall–Kier alpha value is -2.28. The molecule has 1 aromatic rings. The molecule has 2 fully saturated rings. The molecule has 1 N–H and O–H groups in total. The van der Waals surface area contributed by atoms with Crippen LogP contribution in [0, 0.1) is 0 Å². The average Bonchev–Trinajstić information content (AvgIpc) is 3.44. The fraction of sp³-hybridized carbons (Fsp3) is 0.476. The van der Waals surface area contributed by atoms with E-state index < -0.39 is 0 Å². The van der Waals surface area contributed by atoms with Crippen LogP contribution in [0.4, 0.5) is 0 Å². The summed E-state index contributed by atoms with van der Waals surface area (Å²) in [6.45, 7) is 0.647. The van der Waals surface area contributed by atoms with Crippen molar-refractivity contribution in [3.63, 3.8) is 0 Å². The van der Waals surface area contributed by atoms with Crippen molar-refractivity contribution in [2.24, 2.45) is 5.16 Å². The molecule has 148 valence electrons. The Morgan fingerprint density at radius 1 is 1.29 bits per heavy atom. The monoisotopic (exact) mass is 399 g/mol. The van der Waals surface area contributed by atoms with Gasteiger partial charge in [0, 0.05) is 18.7 Å². The minimum Gasteiger partial charge on any atom is -0.411 e. The van der Waals surface area contributed by atoms with Crippen LogP contribution in [0.5, 0.6) is 0 Å². The number of amides is 2. The Bertz CT molecular complexity index is 823. The zero-order chi connectivity index (χ0) is 19.5. The molecular formula is C21H25N3O3S. The molecule has 6 nitrogen and oxygen atoms in total. The lowest BCUT2D eigenvalue weighted by Crippen LogP contribution is -2.50. The van der Waals surface area contributed by atoms with E-state index in [1.54, 1.807) is 21.6 Å². The normalized spacial score (nSPS) is 24.1. The topological polar surface area (TPSA) is 73.2 Å². The summed E-state index contributed by atoms with van der Waals surface area (Å²) in [4.78, 5) is 29.4. The van der Waals surface area contributed by atoms with Crippen molar-refractivity contribution < 1.29 is 14.8 Å². The molecule has 0 saturated carbocycles. The number of fused-ring (bicyclic) bond motifs is 1. The molecule has 0 bridgehead atoms. The number of benzene rings is 1. The summed E-state index contributed by atoms with van der Waals surface area (Å²) in [7, 11) is 0. The molecule has 2 amide bonds. The number of hydrogen-bond acceptors (Lipinski definition) is 5. The summed E-state index contributed by atoms with van der Waals surface area (Å²) in [6.07, 6.45) is 7.26. The Kier molecular flexibility index (Phi) is 5.71. The van der Waals surface area contributed by atoms with Gasteiger partial charge in [-0.15, -0.1) is 11.8 Å². The van der Waals surface area contributed by atoms with Crippen LogP contribution in [0.1, 0.15) is 36.8 Å². The first-order chi connectivity index (χ1) is 13.7. The number of carbonyl (C=O) groups excluding carboxylic acids is 2. The smallest absolute Gasteiger partial charge is 0.246 e. The van der Waals surface area contributed by atoms with Crippen LogP contribution < -0.4 is 0 Å². The second kappa shape index (κ2) is 8.39. The molecule has 0 aromatic heterocycles. The second-order valence-corrected chi connectivity index (χ2v) is 8.56. The van der Waals surface area contributed by atoms with E-state index in [1.807, 2.05) is 12.1 Å². The molecule has 3 aliphatic rings. The Morgan fingerprint density at radius 2 is 2.14 bits per heavy atom. The highest BCUT2D eigenvalue weighted by molar-refractivity contribution is 7.99. The van der Waals surface area contributed by atoms with Crippen molar-refractivity contribution in [3.8, 4) is 0 Å². The Balaban J connectivity index is 1.36. The number of likely N-dealkylation sites (tertiary alicyclic amines) is 1. The lowest BCUT2D eigenvalue weighted by molar-refractivity contribution is -0.143. The van der Waals surface area contributed by atoms with E-state index in [2.05, 4.69) is 23.4 Å². The van der Waals surface area contributed by atoms with Gasteiger partial charge in [-0.3, -0.25) is 9.59 Å². The van der Waals surface area contributed by atoms with E-state index in [0.29, 0.717) is 25.3 Å². The van der Waals surface area contributed by atoms with Gasteiger partial charge in [0.2, 0.25) is 11.8 Å². The highest BCUT2D eigenvalue weighted by Crippen LogP contribution is 2.29. The van der Waals surface area contributed by atoms with E-state index in [1.165, 1.54) is 22.9 Å². The minimum absolute atomic E-state index is 0.0202. The fourth-order valence-corrected chi connectivity index (χ4v) is 5.45. The van der Waals surface area contributed by atoms with Crippen molar-refractivity contribution in [3.05, 3.63) is 41.0 Å². The molecule has 0 spiro atoms. The summed E-state index contributed by atoms with van der Waals surface area (Å²) >= 11 is 1.64. The Labute approximate surface area is 169 Å². The molecule has 1 aliphatic carbocycles. The number of oxime groups is 1. The number of allylic oxidation sites excluding steroid dienone is 1. The zero-order valence-electron chi connectivity index (χ0n) is 15.8. The van der Waals surface area contributed by atoms with Crippen LogP contribution >= 0.6 is 11.8 Å². The van der Waals surface area contributed by atoms with Crippen LogP contribution in [-0.4, -0.2) is 63.3 Å². The molecule has 28 heavy (non-hydrogen) atoms. The Morgan fingerprint density at radius 3 is 2.96 bits per heavy atom. The van der Waals surface area contributed by atoms with Gasteiger partial charge >= 0.3 is 0 Å².